The molecule has 0 amide bonds. The fourth-order valence-electron chi connectivity index (χ4n) is 1.21. The van der Waals surface area contributed by atoms with Crippen LogP contribution in [0.15, 0.2) is 0 Å². The van der Waals surface area contributed by atoms with Gasteiger partial charge in [-0.05, 0) is 25.9 Å². The van der Waals surface area contributed by atoms with Gasteiger partial charge >= 0.3 is 0 Å². The Balaban J connectivity index is 3.86. The lowest BCUT2D eigenvalue weighted by molar-refractivity contribution is -0.148. The summed E-state index contributed by atoms with van der Waals surface area (Å²) in [6.07, 6.45) is 3.65. The smallest absolute Gasteiger partial charge is 0.174 e. The second-order valence-electron chi connectivity index (χ2n) is 3.57. The lowest BCUT2D eigenvalue weighted by Crippen LogP contribution is -2.35. The zero-order valence-electron chi connectivity index (χ0n) is 8.76. The molecular weight excluding hydrogens is 168 g/mol. The Morgan fingerprint density at radius 2 is 1.92 bits per heavy atom. The van der Waals surface area contributed by atoms with E-state index >= 15 is 0 Å². The maximum Gasteiger partial charge on any atom is 0.174 e. The van der Waals surface area contributed by atoms with Crippen molar-refractivity contribution in [3.63, 3.8) is 0 Å². The molecule has 74 valence electrons. The summed E-state index contributed by atoms with van der Waals surface area (Å²) in [5.41, 5.74) is 0. The van der Waals surface area contributed by atoms with Gasteiger partial charge in [0.05, 0.1) is 0 Å². The molecule has 12 heavy (non-hydrogen) atoms. The van der Waals surface area contributed by atoms with E-state index in [0.717, 1.165) is 19.3 Å². The molecule has 0 saturated carbocycles. The van der Waals surface area contributed by atoms with Crippen molar-refractivity contribution in [3.8, 4) is 0 Å². The van der Waals surface area contributed by atoms with Crippen molar-refractivity contribution in [1.29, 1.82) is 0 Å². The van der Waals surface area contributed by atoms with Gasteiger partial charge in [-0.2, -0.15) is 0 Å². The average molecular weight is 190 g/mol. The fraction of sp³-hybridized carbons (Fsp3) is 1.00. The second kappa shape index (κ2) is 5.73. The summed E-state index contributed by atoms with van der Waals surface area (Å²) in [7, 11) is -1.11. The molecule has 0 saturated heterocycles. The van der Waals surface area contributed by atoms with Crippen LogP contribution in [0, 0.1) is 0 Å². The first-order valence-electron chi connectivity index (χ1n) is 4.94. The largest absolute Gasteiger partial charge is 0.394 e. The van der Waals surface area contributed by atoms with Gasteiger partial charge in [-0.25, -0.2) is 0 Å². The fourth-order valence-corrected chi connectivity index (χ4v) is 2.37. The summed E-state index contributed by atoms with van der Waals surface area (Å²) in [6, 6.07) is 0. The third-order valence-electron chi connectivity index (χ3n) is 1.93. The minimum atomic E-state index is -1.11. The van der Waals surface area contributed by atoms with Crippen molar-refractivity contribution in [1.82, 2.24) is 0 Å². The van der Waals surface area contributed by atoms with E-state index in [4.69, 9.17) is 4.43 Å². The summed E-state index contributed by atoms with van der Waals surface area (Å²) in [5, 5.41) is 9.93. The molecule has 0 aliphatic rings. The minimum absolute atomic E-state index is 0.707. The lowest BCUT2D eigenvalue weighted by atomic mass is 10.1. The Morgan fingerprint density at radius 1 is 1.33 bits per heavy atom. The van der Waals surface area contributed by atoms with E-state index in [9.17, 15) is 5.11 Å². The third kappa shape index (κ3) is 4.90. The Morgan fingerprint density at radius 3 is 2.25 bits per heavy atom. The van der Waals surface area contributed by atoms with E-state index in [-0.39, 0.29) is 0 Å². The van der Waals surface area contributed by atoms with Crippen LogP contribution in [0.1, 0.15) is 39.5 Å². The van der Waals surface area contributed by atoms with Crippen LogP contribution in [0.4, 0.5) is 0 Å². The van der Waals surface area contributed by atoms with Gasteiger partial charge in [0.1, 0.15) is 0 Å². The molecule has 0 aliphatic carbocycles. The van der Waals surface area contributed by atoms with Crippen LogP contribution >= 0.6 is 0 Å². The van der Waals surface area contributed by atoms with E-state index in [1.165, 1.54) is 0 Å². The summed E-state index contributed by atoms with van der Waals surface area (Å²) >= 11 is 0. The quantitative estimate of drug-likeness (QED) is 0.514. The minimum Gasteiger partial charge on any atom is -0.394 e. The van der Waals surface area contributed by atoms with Gasteiger partial charge in [0.15, 0.2) is 14.8 Å². The van der Waals surface area contributed by atoms with Crippen LogP contribution in [0.5, 0.6) is 0 Å². The number of rotatable bonds is 6. The topological polar surface area (TPSA) is 29.5 Å². The molecule has 0 aromatic rings. The van der Waals surface area contributed by atoms with E-state index in [0.29, 0.717) is 6.42 Å². The molecule has 1 atom stereocenters. The SMILES string of the molecule is CCCCC(O)(CC)O[SiH](C)C. The highest BCUT2D eigenvalue weighted by molar-refractivity contribution is 6.48. The van der Waals surface area contributed by atoms with Gasteiger partial charge in [-0.3, -0.25) is 0 Å². The van der Waals surface area contributed by atoms with Crippen LogP contribution in [-0.4, -0.2) is 19.9 Å². The molecule has 0 aliphatic heterocycles. The zero-order chi connectivity index (χ0) is 9.61. The normalized spacial score (nSPS) is 16.5. The molecule has 0 spiro atoms. The molecule has 0 aromatic heterocycles. The Hall–Kier alpha value is 0.137. The van der Waals surface area contributed by atoms with Gasteiger partial charge in [0.25, 0.3) is 0 Å². The standard InChI is InChI=1S/C9H22O2Si/c1-5-7-8-9(10,6-2)11-12(3)4/h10,12H,5-8H2,1-4H3. The molecule has 0 aromatic carbocycles. The van der Waals surface area contributed by atoms with E-state index in [2.05, 4.69) is 20.0 Å². The molecule has 0 radical (unpaired) electrons. The highest BCUT2D eigenvalue weighted by atomic mass is 28.3. The second-order valence-corrected chi connectivity index (χ2v) is 5.90. The van der Waals surface area contributed by atoms with Gasteiger partial charge in [-0.15, -0.1) is 0 Å². The predicted molar refractivity (Wildman–Crippen MR) is 54.7 cm³/mol. The summed E-state index contributed by atoms with van der Waals surface area (Å²) in [6.45, 7) is 8.29. The highest BCUT2D eigenvalue weighted by Crippen LogP contribution is 2.20. The molecule has 1 unspecified atom stereocenters. The van der Waals surface area contributed by atoms with Crippen molar-refractivity contribution < 1.29 is 9.53 Å². The van der Waals surface area contributed by atoms with Gasteiger partial charge in [0.2, 0.25) is 0 Å². The maximum absolute atomic E-state index is 9.93. The van der Waals surface area contributed by atoms with Crippen molar-refractivity contribution in [2.45, 2.75) is 58.4 Å². The van der Waals surface area contributed by atoms with Crippen LogP contribution in [-0.2, 0) is 4.43 Å². The predicted octanol–water partition coefficient (Wildman–Crippen LogP) is 2.28. The van der Waals surface area contributed by atoms with Crippen LogP contribution in [0.25, 0.3) is 0 Å². The molecule has 3 heteroatoms. The molecular formula is C9H22O2Si. The van der Waals surface area contributed by atoms with Crippen LogP contribution < -0.4 is 0 Å². The Labute approximate surface area is 77.7 Å². The first-order chi connectivity index (χ1) is 5.54. The maximum atomic E-state index is 9.93. The van der Waals surface area contributed by atoms with E-state index < -0.39 is 14.8 Å². The van der Waals surface area contributed by atoms with Crippen molar-refractivity contribution in [2.75, 3.05) is 0 Å². The molecule has 1 N–H and O–H groups in total. The zero-order valence-corrected chi connectivity index (χ0v) is 9.92. The summed E-state index contributed by atoms with van der Waals surface area (Å²) < 4.78 is 5.58. The van der Waals surface area contributed by atoms with Gasteiger partial charge in [0, 0.05) is 6.42 Å². The lowest BCUT2D eigenvalue weighted by Gasteiger charge is -2.29. The molecule has 0 rings (SSSR count). The first-order valence-corrected chi connectivity index (χ1v) is 7.72. The number of unbranched alkanes of at least 4 members (excludes halogenated alkanes) is 1. The monoisotopic (exact) mass is 190 g/mol. The molecule has 0 fully saturated rings. The molecule has 0 heterocycles. The molecule has 2 nitrogen and oxygen atoms in total. The number of hydrogen-bond donors (Lipinski definition) is 1. The van der Waals surface area contributed by atoms with Crippen LogP contribution in [0.3, 0.4) is 0 Å². The Kier molecular flexibility index (Phi) is 5.79. The van der Waals surface area contributed by atoms with Gasteiger partial charge in [-0.1, -0.05) is 20.3 Å². The highest BCUT2D eigenvalue weighted by Gasteiger charge is 2.25. The van der Waals surface area contributed by atoms with E-state index in [1.54, 1.807) is 0 Å². The van der Waals surface area contributed by atoms with Crippen LogP contribution in [0.2, 0.25) is 13.1 Å². The number of hydrogen-bond acceptors (Lipinski definition) is 2. The molecule has 0 bridgehead atoms. The van der Waals surface area contributed by atoms with Crippen molar-refractivity contribution >= 4 is 9.04 Å². The number of aliphatic hydroxyl groups is 1. The summed E-state index contributed by atoms with van der Waals surface area (Å²) in [4.78, 5) is 0. The third-order valence-corrected chi connectivity index (χ3v) is 2.84. The van der Waals surface area contributed by atoms with E-state index in [1.807, 2.05) is 6.92 Å². The summed E-state index contributed by atoms with van der Waals surface area (Å²) in [5.74, 6) is -0.823. The van der Waals surface area contributed by atoms with Crippen molar-refractivity contribution in [3.05, 3.63) is 0 Å². The Bertz CT molecular complexity index is 117. The van der Waals surface area contributed by atoms with Gasteiger partial charge < -0.3 is 9.53 Å². The van der Waals surface area contributed by atoms with Crippen molar-refractivity contribution in [2.24, 2.45) is 0 Å². The average Bonchev–Trinajstić information content (AvgIpc) is 2.00. The first kappa shape index (κ1) is 12.1.